The van der Waals surface area contributed by atoms with Crippen molar-refractivity contribution in [1.29, 1.82) is 0 Å². The first-order valence-corrected chi connectivity index (χ1v) is 14.8. The minimum atomic E-state index is -4.37. The summed E-state index contributed by atoms with van der Waals surface area (Å²) < 4.78 is 61.9. The van der Waals surface area contributed by atoms with Crippen LogP contribution in [0.5, 0.6) is 5.88 Å². The number of pyridine rings is 2. The first-order valence-electron chi connectivity index (χ1n) is 13.3. The van der Waals surface area contributed by atoms with E-state index in [1.165, 1.54) is 18.6 Å². The van der Waals surface area contributed by atoms with E-state index in [4.69, 9.17) is 9.72 Å². The zero-order valence-electron chi connectivity index (χ0n) is 23.6. The van der Waals surface area contributed by atoms with Crippen molar-refractivity contribution < 1.29 is 26.7 Å². The average molecular weight is 597 g/mol. The number of fused-ring (bicyclic) bond motifs is 1. The molecule has 0 unspecified atom stereocenters. The lowest BCUT2D eigenvalue weighted by Crippen LogP contribution is -2.46. The summed E-state index contributed by atoms with van der Waals surface area (Å²) in [5.41, 5.74) is 1.90. The van der Waals surface area contributed by atoms with Crippen LogP contribution < -0.4 is 9.46 Å². The standard InChI is InChI=1S/C29H30F2N6O4S/c1-17-24(36-42(39,40)25-8-5-19(30)14-21(25)31)13-18(15-32-17)22-6-7-23-26(35-22)27(34-16-33-23)41-20-9-11-37(12-10-20)28(38)29(2,3)4/h5-8,13-16,20,36H,9-12H2,1-4H3. The Kier molecular flexibility index (Phi) is 7.80. The average Bonchev–Trinajstić information content (AvgIpc) is 2.93. The monoisotopic (exact) mass is 596 g/mol. The number of rotatable bonds is 6. The van der Waals surface area contributed by atoms with Crippen molar-refractivity contribution >= 4 is 32.7 Å². The number of halogens is 2. The van der Waals surface area contributed by atoms with Gasteiger partial charge in [0.2, 0.25) is 11.8 Å². The largest absolute Gasteiger partial charge is 0.473 e. The molecule has 1 aliphatic heterocycles. The topological polar surface area (TPSA) is 127 Å². The molecule has 0 aliphatic carbocycles. The van der Waals surface area contributed by atoms with Gasteiger partial charge in [0.05, 0.1) is 22.6 Å². The number of amides is 1. The SMILES string of the molecule is Cc1ncc(-c2ccc3ncnc(OC4CCN(C(=O)C(C)(C)C)CC4)c3n2)cc1NS(=O)(=O)c1ccc(F)cc1F. The van der Waals surface area contributed by atoms with Gasteiger partial charge in [-0.1, -0.05) is 20.8 Å². The van der Waals surface area contributed by atoms with Crippen LogP contribution in [-0.4, -0.2) is 58.4 Å². The van der Waals surface area contributed by atoms with Crippen LogP contribution in [-0.2, 0) is 14.8 Å². The Morgan fingerprint density at radius 2 is 1.79 bits per heavy atom. The summed E-state index contributed by atoms with van der Waals surface area (Å²) in [5, 5.41) is 0. The molecule has 1 aromatic carbocycles. The Bertz CT molecular complexity index is 1770. The molecule has 1 saturated heterocycles. The molecule has 0 atom stereocenters. The number of aromatic nitrogens is 4. The molecule has 220 valence electrons. The summed E-state index contributed by atoms with van der Waals surface area (Å²) >= 11 is 0. The van der Waals surface area contributed by atoms with Gasteiger partial charge in [0, 0.05) is 49.2 Å². The van der Waals surface area contributed by atoms with Crippen molar-refractivity contribution in [2.75, 3.05) is 17.8 Å². The number of nitrogens with zero attached hydrogens (tertiary/aromatic N) is 5. The quantitative estimate of drug-likeness (QED) is 0.333. The van der Waals surface area contributed by atoms with Gasteiger partial charge in [-0.05, 0) is 37.3 Å². The third-order valence-electron chi connectivity index (χ3n) is 6.91. The molecule has 3 aromatic heterocycles. The Labute approximate surface area is 242 Å². The first kappa shape index (κ1) is 29.2. The normalized spacial score (nSPS) is 14.7. The second-order valence-corrected chi connectivity index (χ2v) is 12.8. The molecule has 1 amide bonds. The Hall–Kier alpha value is -4.26. The van der Waals surface area contributed by atoms with E-state index in [9.17, 15) is 22.0 Å². The molecule has 1 fully saturated rings. The molecule has 13 heteroatoms. The second kappa shape index (κ2) is 11.2. The summed E-state index contributed by atoms with van der Waals surface area (Å²) in [6.07, 6.45) is 4.06. The van der Waals surface area contributed by atoms with Crippen LogP contribution in [0.3, 0.4) is 0 Å². The number of benzene rings is 1. The Balaban J connectivity index is 1.39. The zero-order chi connectivity index (χ0) is 30.2. The molecule has 0 bridgehead atoms. The number of piperidine rings is 1. The number of likely N-dealkylation sites (tertiary alicyclic amines) is 1. The third kappa shape index (κ3) is 6.15. The van der Waals surface area contributed by atoms with Gasteiger partial charge in [-0.15, -0.1) is 0 Å². The number of nitrogens with one attached hydrogen (secondary N) is 1. The Morgan fingerprint density at radius 1 is 1.05 bits per heavy atom. The fourth-order valence-electron chi connectivity index (χ4n) is 4.64. The summed E-state index contributed by atoms with van der Waals surface area (Å²) in [6.45, 7) is 8.47. The van der Waals surface area contributed by atoms with Crippen LogP contribution in [0, 0.1) is 24.0 Å². The molecule has 4 heterocycles. The van der Waals surface area contributed by atoms with Crippen molar-refractivity contribution in [3.63, 3.8) is 0 Å². The molecule has 0 saturated carbocycles. The maximum Gasteiger partial charge on any atom is 0.264 e. The van der Waals surface area contributed by atoms with E-state index < -0.39 is 32.0 Å². The van der Waals surface area contributed by atoms with E-state index in [0.29, 0.717) is 65.9 Å². The van der Waals surface area contributed by atoms with Gasteiger partial charge in [0.1, 0.15) is 29.0 Å². The molecule has 0 spiro atoms. The van der Waals surface area contributed by atoms with E-state index >= 15 is 0 Å². The summed E-state index contributed by atoms with van der Waals surface area (Å²) in [7, 11) is -4.37. The van der Waals surface area contributed by atoms with Gasteiger partial charge < -0.3 is 9.64 Å². The van der Waals surface area contributed by atoms with Crippen molar-refractivity contribution in [1.82, 2.24) is 24.8 Å². The molecule has 42 heavy (non-hydrogen) atoms. The number of hydrogen-bond donors (Lipinski definition) is 1. The minimum absolute atomic E-state index is 0.107. The summed E-state index contributed by atoms with van der Waals surface area (Å²) in [5.74, 6) is -1.69. The fraction of sp³-hybridized carbons (Fsp3) is 0.345. The fourth-order valence-corrected chi connectivity index (χ4v) is 5.81. The minimum Gasteiger partial charge on any atom is -0.473 e. The van der Waals surface area contributed by atoms with Gasteiger partial charge in [-0.2, -0.15) is 4.98 Å². The lowest BCUT2D eigenvalue weighted by molar-refractivity contribution is -0.141. The molecule has 1 N–H and O–H groups in total. The molecule has 0 radical (unpaired) electrons. The molecular formula is C29H30F2N6O4S. The van der Waals surface area contributed by atoms with Crippen LogP contribution in [0.2, 0.25) is 0 Å². The van der Waals surface area contributed by atoms with Crippen LogP contribution in [0.15, 0.2) is 53.8 Å². The number of aryl methyl sites for hydroxylation is 1. The highest BCUT2D eigenvalue weighted by atomic mass is 32.2. The van der Waals surface area contributed by atoms with Crippen LogP contribution in [0.25, 0.3) is 22.3 Å². The number of sulfonamides is 1. The van der Waals surface area contributed by atoms with E-state index in [-0.39, 0.29) is 17.7 Å². The lowest BCUT2D eigenvalue weighted by Gasteiger charge is -2.35. The maximum atomic E-state index is 14.2. The van der Waals surface area contributed by atoms with Crippen molar-refractivity contribution in [2.24, 2.45) is 5.41 Å². The predicted molar refractivity (Wildman–Crippen MR) is 152 cm³/mol. The Morgan fingerprint density at radius 3 is 2.48 bits per heavy atom. The van der Waals surface area contributed by atoms with Crippen molar-refractivity contribution in [3.8, 4) is 17.1 Å². The number of anilines is 1. The highest BCUT2D eigenvalue weighted by Gasteiger charge is 2.31. The van der Waals surface area contributed by atoms with Crippen LogP contribution in [0.1, 0.15) is 39.3 Å². The summed E-state index contributed by atoms with van der Waals surface area (Å²) in [4.78, 5) is 31.4. The van der Waals surface area contributed by atoms with Gasteiger partial charge in [0.15, 0.2) is 5.52 Å². The number of carbonyl (C=O) groups is 1. The van der Waals surface area contributed by atoms with Crippen molar-refractivity contribution in [2.45, 2.75) is 51.5 Å². The maximum absolute atomic E-state index is 14.2. The van der Waals surface area contributed by atoms with E-state index in [1.54, 1.807) is 19.1 Å². The molecular weight excluding hydrogens is 566 g/mol. The molecule has 10 nitrogen and oxygen atoms in total. The van der Waals surface area contributed by atoms with E-state index in [2.05, 4.69) is 19.7 Å². The van der Waals surface area contributed by atoms with Gasteiger partial charge in [-0.25, -0.2) is 27.2 Å². The number of ether oxygens (including phenoxy) is 1. The number of hydrogen-bond acceptors (Lipinski definition) is 8. The lowest BCUT2D eigenvalue weighted by atomic mass is 9.93. The van der Waals surface area contributed by atoms with Gasteiger partial charge >= 0.3 is 0 Å². The number of carbonyl (C=O) groups excluding carboxylic acids is 1. The van der Waals surface area contributed by atoms with Gasteiger partial charge in [0.25, 0.3) is 10.0 Å². The van der Waals surface area contributed by atoms with E-state index in [0.717, 1.165) is 12.1 Å². The molecule has 4 aromatic rings. The molecule has 5 rings (SSSR count). The zero-order valence-corrected chi connectivity index (χ0v) is 24.4. The molecule has 1 aliphatic rings. The van der Waals surface area contributed by atoms with Crippen molar-refractivity contribution in [3.05, 3.63) is 66.3 Å². The van der Waals surface area contributed by atoms with E-state index in [1.807, 2.05) is 25.7 Å². The highest BCUT2D eigenvalue weighted by molar-refractivity contribution is 7.92. The predicted octanol–water partition coefficient (Wildman–Crippen LogP) is 4.89. The van der Waals surface area contributed by atoms with Crippen LogP contribution in [0.4, 0.5) is 14.5 Å². The van der Waals surface area contributed by atoms with Gasteiger partial charge in [-0.3, -0.25) is 14.5 Å². The van der Waals surface area contributed by atoms with Crippen LogP contribution >= 0.6 is 0 Å². The first-order chi connectivity index (χ1) is 19.8. The third-order valence-corrected chi connectivity index (χ3v) is 8.31. The summed E-state index contributed by atoms with van der Waals surface area (Å²) in [6, 6.07) is 7.22. The second-order valence-electron chi connectivity index (χ2n) is 11.1. The smallest absolute Gasteiger partial charge is 0.264 e. The highest BCUT2D eigenvalue weighted by Crippen LogP contribution is 2.30.